The Labute approximate surface area is 101 Å². The van der Waals surface area contributed by atoms with Crippen LogP contribution in [0.1, 0.15) is 59.3 Å². The van der Waals surface area contributed by atoms with Crippen LogP contribution in [0.3, 0.4) is 0 Å². The van der Waals surface area contributed by atoms with E-state index in [1.807, 2.05) is 0 Å². The molecule has 16 heavy (non-hydrogen) atoms. The molecule has 2 heteroatoms. The molecule has 0 heterocycles. The zero-order valence-electron chi connectivity index (χ0n) is 11.3. The summed E-state index contributed by atoms with van der Waals surface area (Å²) in [5, 5.41) is 12.7. The number of aliphatic hydroxyl groups excluding tert-OH is 1. The highest BCUT2D eigenvalue weighted by Gasteiger charge is 2.31. The van der Waals surface area contributed by atoms with E-state index >= 15 is 0 Å². The number of hydrogen-bond acceptors (Lipinski definition) is 2. The van der Waals surface area contributed by atoms with Crippen molar-refractivity contribution < 1.29 is 5.11 Å². The molecule has 0 spiro atoms. The van der Waals surface area contributed by atoms with E-state index in [1.165, 1.54) is 32.1 Å². The standard InChI is InChI=1S/C14H29NO/c1-4-12(8-10-16)11-15-13-7-5-6-9-14(13,2)3/h12-13,15-16H,4-11H2,1-3H3. The molecular weight excluding hydrogens is 198 g/mol. The van der Waals surface area contributed by atoms with Gasteiger partial charge < -0.3 is 10.4 Å². The van der Waals surface area contributed by atoms with E-state index in [9.17, 15) is 0 Å². The van der Waals surface area contributed by atoms with Crippen molar-refractivity contribution in [3.8, 4) is 0 Å². The van der Waals surface area contributed by atoms with Gasteiger partial charge >= 0.3 is 0 Å². The van der Waals surface area contributed by atoms with Gasteiger partial charge in [0.25, 0.3) is 0 Å². The predicted molar refractivity (Wildman–Crippen MR) is 69.5 cm³/mol. The molecule has 1 aliphatic rings. The van der Waals surface area contributed by atoms with Gasteiger partial charge in [0.1, 0.15) is 0 Å². The second-order valence-electron chi connectivity index (χ2n) is 5.98. The molecule has 2 unspecified atom stereocenters. The molecule has 96 valence electrons. The van der Waals surface area contributed by atoms with Crippen molar-refractivity contribution in [2.45, 2.75) is 65.3 Å². The monoisotopic (exact) mass is 227 g/mol. The van der Waals surface area contributed by atoms with Gasteiger partial charge in [0.2, 0.25) is 0 Å². The van der Waals surface area contributed by atoms with Gasteiger partial charge in [-0.3, -0.25) is 0 Å². The van der Waals surface area contributed by atoms with Crippen LogP contribution in [0, 0.1) is 11.3 Å². The SMILES string of the molecule is CCC(CCO)CNC1CCCCC1(C)C. The largest absolute Gasteiger partial charge is 0.396 e. The van der Waals surface area contributed by atoms with Crippen molar-refractivity contribution in [2.75, 3.05) is 13.2 Å². The third-order valence-electron chi connectivity index (χ3n) is 4.27. The Morgan fingerprint density at radius 3 is 2.69 bits per heavy atom. The summed E-state index contributed by atoms with van der Waals surface area (Å²) in [4.78, 5) is 0. The molecule has 1 aliphatic carbocycles. The lowest BCUT2D eigenvalue weighted by molar-refractivity contribution is 0.157. The van der Waals surface area contributed by atoms with Gasteiger partial charge in [0.05, 0.1) is 0 Å². The summed E-state index contributed by atoms with van der Waals surface area (Å²) < 4.78 is 0. The van der Waals surface area contributed by atoms with Gasteiger partial charge in [-0.05, 0) is 37.1 Å². The van der Waals surface area contributed by atoms with Crippen molar-refractivity contribution in [1.29, 1.82) is 0 Å². The molecule has 1 saturated carbocycles. The maximum atomic E-state index is 8.98. The summed E-state index contributed by atoms with van der Waals surface area (Å²) in [6.45, 7) is 8.39. The summed E-state index contributed by atoms with van der Waals surface area (Å²) >= 11 is 0. The predicted octanol–water partition coefficient (Wildman–Crippen LogP) is 2.95. The van der Waals surface area contributed by atoms with E-state index in [0.29, 0.717) is 24.0 Å². The minimum absolute atomic E-state index is 0.328. The second-order valence-corrected chi connectivity index (χ2v) is 5.98. The average Bonchev–Trinajstić information content (AvgIpc) is 2.25. The second kappa shape index (κ2) is 6.61. The van der Waals surface area contributed by atoms with Crippen LogP contribution >= 0.6 is 0 Å². The van der Waals surface area contributed by atoms with Crippen molar-refractivity contribution >= 4 is 0 Å². The van der Waals surface area contributed by atoms with Crippen molar-refractivity contribution in [1.82, 2.24) is 5.32 Å². The summed E-state index contributed by atoms with van der Waals surface area (Å²) in [6, 6.07) is 0.675. The summed E-state index contributed by atoms with van der Waals surface area (Å²) in [7, 11) is 0. The smallest absolute Gasteiger partial charge is 0.0434 e. The summed E-state index contributed by atoms with van der Waals surface area (Å²) in [5.74, 6) is 0.641. The first-order valence-corrected chi connectivity index (χ1v) is 6.94. The van der Waals surface area contributed by atoms with Crippen LogP contribution in [0.2, 0.25) is 0 Å². The Morgan fingerprint density at radius 2 is 2.12 bits per heavy atom. The van der Waals surface area contributed by atoms with Gasteiger partial charge in [-0.2, -0.15) is 0 Å². The molecule has 2 N–H and O–H groups in total. The lowest BCUT2D eigenvalue weighted by Gasteiger charge is -2.40. The van der Waals surface area contributed by atoms with Gasteiger partial charge in [0.15, 0.2) is 0 Å². The van der Waals surface area contributed by atoms with Gasteiger partial charge in [0, 0.05) is 12.6 Å². The maximum Gasteiger partial charge on any atom is 0.0434 e. The highest BCUT2D eigenvalue weighted by atomic mass is 16.3. The molecule has 1 rings (SSSR count). The number of rotatable bonds is 6. The Bertz CT molecular complexity index is 191. The van der Waals surface area contributed by atoms with Crippen LogP contribution in [0.4, 0.5) is 0 Å². The van der Waals surface area contributed by atoms with E-state index in [2.05, 4.69) is 26.1 Å². The molecular formula is C14H29NO. The van der Waals surface area contributed by atoms with E-state index in [1.54, 1.807) is 0 Å². The van der Waals surface area contributed by atoms with Crippen LogP contribution in [-0.4, -0.2) is 24.3 Å². The van der Waals surface area contributed by atoms with Gasteiger partial charge in [-0.1, -0.05) is 40.0 Å². The van der Waals surface area contributed by atoms with Gasteiger partial charge in [-0.25, -0.2) is 0 Å². The van der Waals surface area contributed by atoms with E-state index in [0.717, 1.165) is 13.0 Å². The molecule has 0 saturated heterocycles. The van der Waals surface area contributed by atoms with Gasteiger partial charge in [-0.15, -0.1) is 0 Å². The molecule has 0 aliphatic heterocycles. The average molecular weight is 227 g/mol. The lowest BCUT2D eigenvalue weighted by Crippen LogP contribution is -2.45. The fraction of sp³-hybridized carbons (Fsp3) is 1.00. The number of nitrogens with one attached hydrogen (secondary N) is 1. The number of hydrogen-bond donors (Lipinski definition) is 2. The molecule has 0 aromatic carbocycles. The first kappa shape index (κ1) is 14.0. The van der Waals surface area contributed by atoms with Crippen LogP contribution < -0.4 is 5.32 Å². The zero-order valence-corrected chi connectivity index (χ0v) is 11.3. The molecule has 0 amide bonds. The molecule has 0 aromatic rings. The molecule has 0 radical (unpaired) electrons. The highest BCUT2D eigenvalue weighted by molar-refractivity contribution is 4.88. The molecule has 2 atom stereocenters. The van der Waals surface area contributed by atoms with E-state index in [-0.39, 0.29) is 0 Å². The minimum Gasteiger partial charge on any atom is -0.396 e. The quantitative estimate of drug-likeness (QED) is 0.731. The third-order valence-corrected chi connectivity index (χ3v) is 4.27. The van der Waals surface area contributed by atoms with Crippen molar-refractivity contribution in [3.63, 3.8) is 0 Å². The van der Waals surface area contributed by atoms with Crippen molar-refractivity contribution in [3.05, 3.63) is 0 Å². The fourth-order valence-corrected chi connectivity index (χ4v) is 2.81. The summed E-state index contributed by atoms with van der Waals surface area (Å²) in [5.41, 5.74) is 0.454. The Kier molecular flexibility index (Phi) is 5.77. The fourth-order valence-electron chi connectivity index (χ4n) is 2.81. The van der Waals surface area contributed by atoms with Crippen LogP contribution in [0.25, 0.3) is 0 Å². The summed E-state index contributed by atoms with van der Waals surface area (Å²) in [6.07, 6.45) is 7.54. The van der Waals surface area contributed by atoms with Crippen LogP contribution in [-0.2, 0) is 0 Å². The third kappa shape index (κ3) is 4.06. The Balaban J connectivity index is 2.34. The number of aliphatic hydroxyl groups is 1. The van der Waals surface area contributed by atoms with Crippen LogP contribution in [0.5, 0.6) is 0 Å². The highest BCUT2D eigenvalue weighted by Crippen LogP contribution is 2.35. The van der Waals surface area contributed by atoms with E-state index < -0.39 is 0 Å². The lowest BCUT2D eigenvalue weighted by atomic mass is 9.73. The first-order chi connectivity index (χ1) is 7.60. The van der Waals surface area contributed by atoms with Crippen molar-refractivity contribution in [2.24, 2.45) is 11.3 Å². The topological polar surface area (TPSA) is 32.3 Å². The zero-order chi connectivity index (χ0) is 12.0. The maximum absolute atomic E-state index is 8.98. The Morgan fingerprint density at radius 1 is 1.38 bits per heavy atom. The molecule has 2 nitrogen and oxygen atoms in total. The first-order valence-electron chi connectivity index (χ1n) is 6.94. The molecule has 0 bridgehead atoms. The minimum atomic E-state index is 0.328. The molecule has 0 aromatic heterocycles. The van der Waals surface area contributed by atoms with Crippen LogP contribution in [0.15, 0.2) is 0 Å². The van der Waals surface area contributed by atoms with E-state index in [4.69, 9.17) is 5.11 Å². The normalized spacial score (nSPS) is 26.6. The Hall–Kier alpha value is -0.0800. The molecule has 1 fully saturated rings.